The summed E-state index contributed by atoms with van der Waals surface area (Å²) in [5.74, 6) is 5.71. The first-order valence-corrected chi connectivity index (χ1v) is 5.43. The summed E-state index contributed by atoms with van der Waals surface area (Å²) in [4.78, 5) is 0. The quantitative estimate of drug-likeness (QED) is 0.237. The first-order valence-electron chi connectivity index (χ1n) is 5.43. The van der Waals surface area contributed by atoms with Crippen LogP contribution >= 0.6 is 0 Å². The van der Waals surface area contributed by atoms with Crippen LogP contribution in [-0.2, 0) is 4.74 Å². The minimum absolute atomic E-state index is 0.375. The van der Waals surface area contributed by atoms with E-state index in [9.17, 15) is 0 Å². The number of nitrogens with zero attached hydrogens (tertiary/aromatic N) is 1. The van der Waals surface area contributed by atoms with Gasteiger partial charge < -0.3 is 16.3 Å². The molecule has 1 aliphatic carbocycles. The molecule has 0 aliphatic heterocycles. The Labute approximate surface area is 85.7 Å². The number of rotatable bonds is 3. The largest absolute Gasteiger partial charge is 0.383 e. The van der Waals surface area contributed by atoms with Gasteiger partial charge in [-0.15, -0.1) is 0 Å². The molecule has 1 aliphatic rings. The van der Waals surface area contributed by atoms with E-state index >= 15 is 0 Å². The summed E-state index contributed by atoms with van der Waals surface area (Å²) in [6.07, 6.45) is 6.71. The van der Waals surface area contributed by atoms with Gasteiger partial charge in [-0.3, -0.25) is 0 Å². The number of nitrogens with two attached hydrogens (primary N) is 2. The fraction of sp³-hybridized carbons (Fsp3) is 0.900. The summed E-state index contributed by atoms with van der Waals surface area (Å²) in [6, 6.07) is 0. The normalized spacial score (nSPS) is 23.1. The molecular weight excluding hydrogens is 178 g/mol. The minimum Gasteiger partial charge on any atom is -0.383 e. The predicted octanol–water partition coefficient (Wildman–Crippen LogP) is 1.35. The van der Waals surface area contributed by atoms with Crippen molar-refractivity contribution in [2.24, 2.45) is 16.7 Å². The van der Waals surface area contributed by atoms with E-state index in [0.29, 0.717) is 12.4 Å². The Hall–Kier alpha value is -0.770. The zero-order valence-electron chi connectivity index (χ0n) is 8.96. The van der Waals surface area contributed by atoms with Crippen LogP contribution in [0.2, 0.25) is 0 Å². The van der Waals surface area contributed by atoms with E-state index in [4.69, 9.17) is 16.3 Å². The van der Waals surface area contributed by atoms with E-state index in [1.54, 1.807) is 0 Å². The second-order valence-corrected chi connectivity index (χ2v) is 3.86. The lowest BCUT2D eigenvalue weighted by Gasteiger charge is -2.31. The van der Waals surface area contributed by atoms with Gasteiger partial charge in [-0.2, -0.15) is 5.10 Å². The molecule has 1 fully saturated rings. The lowest BCUT2D eigenvalue weighted by atomic mass is 9.93. The molecule has 4 heteroatoms. The van der Waals surface area contributed by atoms with Crippen LogP contribution in [0.25, 0.3) is 0 Å². The van der Waals surface area contributed by atoms with E-state index < -0.39 is 0 Å². The molecule has 4 nitrogen and oxygen atoms in total. The highest BCUT2D eigenvalue weighted by atomic mass is 16.5. The lowest BCUT2D eigenvalue weighted by molar-refractivity contribution is 0.00320. The van der Waals surface area contributed by atoms with Crippen molar-refractivity contribution >= 4 is 5.84 Å². The fourth-order valence-corrected chi connectivity index (χ4v) is 2.17. The van der Waals surface area contributed by atoms with Crippen LogP contribution in [0.15, 0.2) is 5.10 Å². The summed E-state index contributed by atoms with van der Waals surface area (Å²) in [5, 5.41) is 3.61. The second kappa shape index (κ2) is 5.20. The number of amidine groups is 1. The maximum Gasteiger partial charge on any atom is 0.151 e. The van der Waals surface area contributed by atoms with Gasteiger partial charge in [0, 0.05) is 6.61 Å². The minimum atomic E-state index is -0.375. The van der Waals surface area contributed by atoms with Gasteiger partial charge in [-0.25, -0.2) is 0 Å². The van der Waals surface area contributed by atoms with Crippen molar-refractivity contribution in [1.29, 1.82) is 0 Å². The van der Waals surface area contributed by atoms with Crippen LogP contribution in [0.5, 0.6) is 0 Å². The van der Waals surface area contributed by atoms with Crippen LogP contribution in [0.3, 0.4) is 0 Å². The maximum absolute atomic E-state index is 5.84. The first kappa shape index (κ1) is 11.3. The third kappa shape index (κ3) is 2.38. The summed E-state index contributed by atoms with van der Waals surface area (Å²) in [7, 11) is 0. The smallest absolute Gasteiger partial charge is 0.151 e. The van der Waals surface area contributed by atoms with Crippen LogP contribution in [-0.4, -0.2) is 18.0 Å². The Kier molecular flexibility index (Phi) is 4.20. The molecule has 1 saturated carbocycles. The third-order valence-corrected chi connectivity index (χ3v) is 2.94. The first-order chi connectivity index (χ1) is 6.75. The van der Waals surface area contributed by atoms with Crippen molar-refractivity contribution in [3.05, 3.63) is 0 Å². The van der Waals surface area contributed by atoms with Crippen molar-refractivity contribution in [2.75, 3.05) is 6.61 Å². The Bertz CT molecular complexity index is 196. The maximum atomic E-state index is 5.84. The van der Waals surface area contributed by atoms with Crippen LogP contribution in [0.4, 0.5) is 0 Å². The molecule has 0 aromatic carbocycles. The van der Waals surface area contributed by atoms with E-state index in [2.05, 4.69) is 5.10 Å². The van der Waals surface area contributed by atoms with E-state index in [0.717, 1.165) is 25.7 Å². The van der Waals surface area contributed by atoms with Gasteiger partial charge in [0.05, 0.1) is 0 Å². The van der Waals surface area contributed by atoms with Crippen molar-refractivity contribution in [1.82, 2.24) is 0 Å². The number of hydrogen-bond donors (Lipinski definition) is 2. The lowest BCUT2D eigenvalue weighted by Crippen LogP contribution is -2.46. The summed E-state index contributed by atoms with van der Waals surface area (Å²) >= 11 is 0. The topological polar surface area (TPSA) is 73.6 Å². The van der Waals surface area contributed by atoms with Gasteiger partial charge in [-0.1, -0.05) is 25.7 Å². The number of hydrogen-bond acceptors (Lipinski definition) is 3. The van der Waals surface area contributed by atoms with Gasteiger partial charge in [0.25, 0.3) is 0 Å². The molecule has 0 amide bonds. The monoisotopic (exact) mass is 199 g/mol. The Balaban J connectivity index is 2.77. The van der Waals surface area contributed by atoms with Crippen LogP contribution in [0, 0.1) is 0 Å². The molecule has 0 radical (unpaired) electrons. The molecule has 82 valence electrons. The average molecular weight is 199 g/mol. The molecule has 0 saturated heterocycles. The van der Waals surface area contributed by atoms with Crippen LogP contribution < -0.4 is 11.6 Å². The van der Waals surface area contributed by atoms with Crippen LogP contribution in [0.1, 0.15) is 45.4 Å². The van der Waals surface area contributed by atoms with Crippen molar-refractivity contribution < 1.29 is 4.74 Å². The highest BCUT2D eigenvalue weighted by Crippen LogP contribution is 2.30. The van der Waals surface area contributed by atoms with E-state index in [1.165, 1.54) is 12.8 Å². The van der Waals surface area contributed by atoms with E-state index in [-0.39, 0.29) is 5.60 Å². The summed E-state index contributed by atoms with van der Waals surface area (Å²) in [5.41, 5.74) is 5.46. The second-order valence-electron chi connectivity index (χ2n) is 3.86. The van der Waals surface area contributed by atoms with Crippen molar-refractivity contribution in [2.45, 2.75) is 51.0 Å². The predicted molar refractivity (Wildman–Crippen MR) is 57.9 cm³/mol. The Morgan fingerprint density at radius 2 is 1.86 bits per heavy atom. The van der Waals surface area contributed by atoms with Gasteiger partial charge in [0.15, 0.2) is 5.84 Å². The molecule has 14 heavy (non-hydrogen) atoms. The highest BCUT2D eigenvalue weighted by Gasteiger charge is 2.35. The molecular formula is C10H21N3O. The summed E-state index contributed by atoms with van der Waals surface area (Å²) < 4.78 is 5.77. The van der Waals surface area contributed by atoms with E-state index in [1.807, 2.05) is 6.92 Å². The molecule has 4 N–H and O–H groups in total. The Morgan fingerprint density at radius 1 is 1.29 bits per heavy atom. The van der Waals surface area contributed by atoms with Gasteiger partial charge in [0.1, 0.15) is 5.60 Å². The number of ether oxygens (including phenoxy) is 1. The zero-order chi connectivity index (χ0) is 10.4. The molecule has 0 unspecified atom stereocenters. The number of hydrazone groups is 1. The Morgan fingerprint density at radius 3 is 2.29 bits per heavy atom. The van der Waals surface area contributed by atoms with Crippen molar-refractivity contribution in [3.63, 3.8) is 0 Å². The summed E-state index contributed by atoms with van der Waals surface area (Å²) in [6.45, 7) is 2.65. The SMILES string of the molecule is CCOC1(C(N)=NN)CCCCCC1. The molecule has 0 atom stereocenters. The van der Waals surface area contributed by atoms with Gasteiger partial charge in [-0.05, 0) is 19.8 Å². The third-order valence-electron chi connectivity index (χ3n) is 2.94. The standard InChI is InChI=1S/C10H21N3O/c1-2-14-10(9(11)13-12)7-5-3-4-6-8-10/h2-8,12H2,1H3,(H2,11,13). The van der Waals surface area contributed by atoms with Gasteiger partial charge in [0.2, 0.25) is 0 Å². The zero-order valence-corrected chi connectivity index (χ0v) is 8.96. The fourth-order valence-electron chi connectivity index (χ4n) is 2.17. The highest BCUT2D eigenvalue weighted by molar-refractivity contribution is 5.88. The average Bonchev–Trinajstić information content (AvgIpc) is 2.44. The molecule has 1 rings (SSSR count). The molecule has 0 spiro atoms. The molecule has 0 heterocycles. The molecule has 0 aromatic heterocycles. The molecule has 0 bridgehead atoms. The van der Waals surface area contributed by atoms with Crippen molar-refractivity contribution in [3.8, 4) is 0 Å². The van der Waals surface area contributed by atoms with Gasteiger partial charge >= 0.3 is 0 Å². The molecule has 0 aromatic rings.